The van der Waals surface area contributed by atoms with E-state index in [0.717, 1.165) is 12.8 Å². The zero-order valence-electron chi connectivity index (χ0n) is 10.3. The molecule has 0 saturated heterocycles. The number of pyridine rings is 1. The summed E-state index contributed by atoms with van der Waals surface area (Å²) in [4.78, 5) is 25.7. The lowest BCUT2D eigenvalue weighted by molar-refractivity contribution is -0.132. The van der Waals surface area contributed by atoms with Gasteiger partial charge in [0.25, 0.3) is 5.56 Å². The average Bonchev–Trinajstić information content (AvgIpc) is 3.17. The number of aromatic nitrogens is 1. The first-order valence-electron chi connectivity index (χ1n) is 6.06. The van der Waals surface area contributed by atoms with E-state index in [9.17, 15) is 9.59 Å². The molecule has 1 aromatic heterocycles. The molecule has 0 aromatic carbocycles. The molecule has 0 radical (unpaired) electrons. The van der Waals surface area contributed by atoms with Gasteiger partial charge < -0.3 is 9.47 Å². The van der Waals surface area contributed by atoms with Crippen molar-refractivity contribution in [3.8, 4) is 6.07 Å². The number of carbonyl (C=O) groups is 1. The Morgan fingerprint density at radius 2 is 2.33 bits per heavy atom. The van der Waals surface area contributed by atoms with Gasteiger partial charge in [-0.1, -0.05) is 0 Å². The van der Waals surface area contributed by atoms with E-state index in [4.69, 9.17) is 5.26 Å². The molecule has 0 aliphatic heterocycles. The summed E-state index contributed by atoms with van der Waals surface area (Å²) in [6.45, 7) is 2.61. The van der Waals surface area contributed by atoms with Crippen LogP contribution in [0.3, 0.4) is 0 Å². The molecule has 1 saturated carbocycles. The number of nitriles is 1. The van der Waals surface area contributed by atoms with E-state index in [0.29, 0.717) is 12.6 Å². The Labute approximate surface area is 105 Å². The fraction of sp³-hybridized carbons (Fsp3) is 0.462. The number of hydrogen-bond acceptors (Lipinski definition) is 3. The monoisotopic (exact) mass is 245 g/mol. The van der Waals surface area contributed by atoms with Crippen LogP contribution >= 0.6 is 0 Å². The zero-order valence-corrected chi connectivity index (χ0v) is 10.3. The number of likely N-dealkylation sites (N-methyl/N-ethyl adjacent to an activating group) is 1. The molecule has 18 heavy (non-hydrogen) atoms. The van der Waals surface area contributed by atoms with Gasteiger partial charge in [0.2, 0.25) is 5.91 Å². The Morgan fingerprint density at radius 1 is 1.61 bits per heavy atom. The van der Waals surface area contributed by atoms with Crippen molar-refractivity contribution in [2.75, 3.05) is 6.54 Å². The van der Waals surface area contributed by atoms with Crippen LogP contribution in [0.2, 0.25) is 0 Å². The van der Waals surface area contributed by atoms with Crippen molar-refractivity contribution in [1.82, 2.24) is 9.47 Å². The molecule has 0 bridgehead atoms. The van der Waals surface area contributed by atoms with Crippen LogP contribution in [0.15, 0.2) is 23.1 Å². The predicted octanol–water partition coefficient (Wildman–Crippen LogP) is 0.731. The van der Waals surface area contributed by atoms with E-state index in [1.165, 1.54) is 10.6 Å². The predicted molar refractivity (Wildman–Crippen MR) is 65.8 cm³/mol. The lowest BCUT2D eigenvalue weighted by Gasteiger charge is -2.20. The first-order chi connectivity index (χ1) is 8.67. The molecular formula is C13H15N3O2. The van der Waals surface area contributed by atoms with Gasteiger partial charge in [0.15, 0.2) is 0 Å². The van der Waals surface area contributed by atoms with Gasteiger partial charge in [0.1, 0.15) is 18.2 Å². The smallest absolute Gasteiger partial charge is 0.268 e. The largest absolute Gasteiger partial charge is 0.338 e. The summed E-state index contributed by atoms with van der Waals surface area (Å²) >= 11 is 0. The van der Waals surface area contributed by atoms with Gasteiger partial charge in [-0.3, -0.25) is 9.59 Å². The number of hydrogen-bond donors (Lipinski definition) is 0. The third kappa shape index (κ3) is 2.43. The van der Waals surface area contributed by atoms with Crippen molar-refractivity contribution in [1.29, 1.82) is 5.26 Å². The quantitative estimate of drug-likeness (QED) is 0.785. The number of rotatable bonds is 4. The van der Waals surface area contributed by atoms with Crippen molar-refractivity contribution in [3.05, 3.63) is 34.2 Å². The molecule has 1 heterocycles. The second-order valence-electron chi connectivity index (χ2n) is 4.38. The molecule has 1 aromatic rings. The second-order valence-corrected chi connectivity index (χ2v) is 4.38. The van der Waals surface area contributed by atoms with Crippen LogP contribution in [-0.4, -0.2) is 28.0 Å². The third-order valence-electron chi connectivity index (χ3n) is 3.09. The van der Waals surface area contributed by atoms with Crippen molar-refractivity contribution >= 4 is 5.91 Å². The maximum absolute atomic E-state index is 12.1. The number of nitrogens with zero attached hydrogens (tertiary/aromatic N) is 3. The summed E-state index contributed by atoms with van der Waals surface area (Å²) < 4.78 is 1.30. The van der Waals surface area contributed by atoms with E-state index in [1.54, 1.807) is 17.2 Å². The fourth-order valence-electron chi connectivity index (χ4n) is 2.01. The van der Waals surface area contributed by atoms with Crippen LogP contribution < -0.4 is 5.56 Å². The van der Waals surface area contributed by atoms with E-state index in [2.05, 4.69) is 0 Å². The van der Waals surface area contributed by atoms with Gasteiger partial charge in [-0.05, 0) is 31.9 Å². The van der Waals surface area contributed by atoms with E-state index >= 15 is 0 Å². The van der Waals surface area contributed by atoms with E-state index < -0.39 is 5.56 Å². The van der Waals surface area contributed by atoms with Crippen LogP contribution in [0.5, 0.6) is 0 Å². The first-order valence-corrected chi connectivity index (χ1v) is 6.06. The van der Waals surface area contributed by atoms with Gasteiger partial charge in [0.05, 0.1) is 0 Å². The SMILES string of the molecule is CCN(C(=O)Cn1cccc(C#N)c1=O)C1CC1. The van der Waals surface area contributed by atoms with Gasteiger partial charge in [0, 0.05) is 18.8 Å². The van der Waals surface area contributed by atoms with Gasteiger partial charge >= 0.3 is 0 Å². The highest BCUT2D eigenvalue weighted by molar-refractivity contribution is 5.76. The molecule has 1 aliphatic rings. The van der Waals surface area contributed by atoms with Crippen molar-refractivity contribution in [3.63, 3.8) is 0 Å². The summed E-state index contributed by atoms with van der Waals surface area (Å²) in [5, 5.41) is 8.77. The summed E-state index contributed by atoms with van der Waals surface area (Å²) in [5.41, 5.74) is -0.333. The average molecular weight is 245 g/mol. The first kappa shape index (κ1) is 12.4. The van der Waals surface area contributed by atoms with E-state index in [-0.39, 0.29) is 18.0 Å². The van der Waals surface area contributed by atoms with Crippen molar-refractivity contribution in [2.45, 2.75) is 32.4 Å². The van der Waals surface area contributed by atoms with Crippen LogP contribution in [0.25, 0.3) is 0 Å². The molecule has 94 valence electrons. The van der Waals surface area contributed by atoms with Gasteiger partial charge in [-0.2, -0.15) is 5.26 Å². The summed E-state index contributed by atoms with van der Waals surface area (Å²) in [7, 11) is 0. The van der Waals surface area contributed by atoms with E-state index in [1.807, 2.05) is 13.0 Å². The Balaban J connectivity index is 2.16. The molecular weight excluding hydrogens is 230 g/mol. The molecule has 0 spiro atoms. The van der Waals surface area contributed by atoms with Crippen LogP contribution in [0.4, 0.5) is 0 Å². The Bertz CT molecular complexity index is 552. The maximum atomic E-state index is 12.1. The third-order valence-corrected chi connectivity index (χ3v) is 3.09. The highest BCUT2D eigenvalue weighted by Gasteiger charge is 2.31. The lowest BCUT2D eigenvalue weighted by atomic mass is 10.3. The van der Waals surface area contributed by atoms with Crippen molar-refractivity contribution in [2.24, 2.45) is 0 Å². The highest BCUT2D eigenvalue weighted by Crippen LogP contribution is 2.26. The van der Waals surface area contributed by atoms with Crippen molar-refractivity contribution < 1.29 is 4.79 Å². The number of amides is 1. The Kier molecular flexibility index (Phi) is 3.47. The Hall–Kier alpha value is -2.09. The van der Waals surface area contributed by atoms with Crippen LogP contribution in [0, 0.1) is 11.3 Å². The van der Waals surface area contributed by atoms with Crippen LogP contribution in [-0.2, 0) is 11.3 Å². The molecule has 1 aliphatic carbocycles. The minimum atomic E-state index is -0.403. The second kappa shape index (κ2) is 5.05. The molecule has 0 unspecified atom stereocenters. The Morgan fingerprint density at radius 3 is 2.89 bits per heavy atom. The molecule has 0 N–H and O–H groups in total. The molecule has 2 rings (SSSR count). The molecule has 5 nitrogen and oxygen atoms in total. The summed E-state index contributed by atoms with van der Waals surface area (Å²) in [5.74, 6) is -0.0582. The standard InChI is InChI=1S/C13H15N3O2/c1-2-16(11-5-6-11)12(17)9-15-7-3-4-10(8-14)13(15)18/h3-4,7,11H,2,5-6,9H2,1H3. The molecule has 1 amide bonds. The topological polar surface area (TPSA) is 66.1 Å². The van der Waals surface area contributed by atoms with Crippen LogP contribution in [0.1, 0.15) is 25.3 Å². The molecule has 1 fully saturated rings. The highest BCUT2D eigenvalue weighted by atomic mass is 16.2. The zero-order chi connectivity index (χ0) is 13.1. The summed E-state index contributed by atoms with van der Waals surface area (Å²) in [6.07, 6.45) is 3.64. The fourth-order valence-corrected chi connectivity index (χ4v) is 2.01. The van der Waals surface area contributed by atoms with Gasteiger partial charge in [-0.25, -0.2) is 0 Å². The normalized spacial score (nSPS) is 14.0. The summed E-state index contributed by atoms with van der Waals surface area (Å²) in [6, 6.07) is 5.25. The maximum Gasteiger partial charge on any atom is 0.268 e. The number of carbonyl (C=O) groups excluding carboxylic acids is 1. The lowest BCUT2D eigenvalue weighted by Crippen LogP contribution is -2.38. The van der Waals surface area contributed by atoms with Gasteiger partial charge in [-0.15, -0.1) is 0 Å². The molecule has 5 heteroatoms. The molecule has 0 atom stereocenters. The minimum absolute atomic E-state index is 0.0126. The minimum Gasteiger partial charge on any atom is -0.338 e.